The van der Waals surface area contributed by atoms with Crippen LogP contribution in [0.2, 0.25) is 0 Å². The fourth-order valence-electron chi connectivity index (χ4n) is 2.36. The van der Waals surface area contributed by atoms with E-state index in [4.69, 9.17) is 0 Å². The van der Waals surface area contributed by atoms with E-state index in [1.165, 1.54) is 0 Å². The Labute approximate surface area is 71.2 Å². The Balaban J connectivity index is 2.25. The monoisotopic (exact) mass is 173 g/mol. The summed E-state index contributed by atoms with van der Waals surface area (Å²) in [5.74, 6) is 0.0911. The molecule has 2 aliphatic rings. The molecule has 0 spiro atoms. The van der Waals surface area contributed by atoms with E-state index in [0.29, 0.717) is 6.54 Å². The summed E-state index contributed by atoms with van der Waals surface area (Å²) < 4.78 is 0. The maximum Gasteiger partial charge on any atom is 0.108 e. The number of aliphatic hydroxyl groups is 3. The Bertz CT molecular complexity index is 199. The Morgan fingerprint density at radius 1 is 1.25 bits per heavy atom. The summed E-state index contributed by atoms with van der Waals surface area (Å²) in [4.78, 5) is 0. The Morgan fingerprint density at radius 3 is 2.58 bits per heavy atom. The van der Waals surface area contributed by atoms with Gasteiger partial charge in [0, 0.05) is 18.0 Å². The molecule has 5 unspecified atom stereocenters. The van der Waals surface area contributed by atoms with Crippen LogP contribution in [0.25, 0.3) is 0 Å². The minimum absolute atomic E-state index is 0.0911. The minimum atomic E-state index is -0.997. The second-order valence-electron chi connectivity index (χ2n) is 4.19. The molecule has 2 bridgehead atoms. The van der Waals surface area contributed by atoms with Gasteiger partial charge in [0.05, 0.1) is 6.10 Å². The smallest absolute Gasteiger partial charge is 0.108 e. The van der Waals surface area contributed by atoms with E-state index in [1.54, 1.807) is 0 Å². The molecule has 0 aromatic carbocycles. The average molecular weight is 173 g/mol. The Kier molecular flexibility index (Phi) is 1.70. The van der Waals surface area contributed by atoms with Crippen LogP contribution < -0.4 is 5.32 Å². The summed E-state index contributed by atoms with van der Waals surface area (Å²) in [5.41, 5.74) is -0.399. The molecule has 5 atom stereocenters. The molecule has 1 heterocycles. The minimum Gasteiger partial charge on any atom is -0.390 e. The van der Waals surface area contributed by atoms with Gasteiger partial charge in [-0.15, -0.1) is 0 Å². The molecule has 1 saturated heterocycles. The van der Waals surface area contributed by atoms with Crippen molar-refractivity contribution >= 4 is 0 Å². The van der Waals surface area contributed by atoms with E-state index in [0.717, 1.165) is 6.42 Å². The van der Waals surface area contributed by atoms with Crippen molar-refractivity contribution < 1.29 is 15.3 Å². The standard InChI is InChI=1S/C8H15NO3/c1-8-2-4(3-9-8)5(10)6(11)7(8)12/h4-7,9-12H,2-3H2,1H3. The molecule has 0 aromatic heterocycles. The highest BCUT2D eigenvalue weighted by Crippen LogP contribution is 2.37. The van der Waals surface area contributed by atoms with Crippen LogP contribution in [0.5, 0.6) is 0 Å². The fraction of sp³-hybridized carbons (Fsp3) is 1.00. The Hall–Kier alpha value is -0.160. The first kappa shape index (κ1) is 8.44. The third-order valence-electron chi connectivity index (χ3n) is 3.26. The van der Waals surface area contributed by atoms with E-state index in [-0.39, 0.29) is 5.92 Å². The van der Waals surface area contributed by atoms with Crippen LogP contribution in [-0.4, -0.2) is 45.7 Å². The van der Waals surface area contributed by atoms with Crippen molar-refractivity contribution in [2.45, 2.75) is 37.2 Å². The summed E-state index contributed by atoms with van der Waals surface area (Å²) in [6, 6.07) is 0. The maximum atomic E-state index is 9.62. The SMILES string of the molecule is CC12CC(CN1)C(O)C(O)C2O. The molecule has 1 saturated carbocycles. The molecule has 12 heavy (non-hydrogen) atoms. The largest absolute Gasteiger partial charge is 0.390 e. The highest BCUT2D eigenvalue weighted by Gasteiger charge is 2.53. The van der Waals surface area contributed by atoms with Gasteiger partial charge in [0.15, 0.2) is 0 Å². The molecular formula is C8H15NO3. The third-order valence-corrected chi connectivity index (χ3v) is 3.26. The lowest BCUT2D eigenvalue weighted by Gasteiger charge is -2.40. The molecule has 2 fully saturated rings. The van der Waals surface area contributed by atoms with Gasteiger partial charge in [-0.05, 0) is 13.3 Å². The van der Waals surface area contributed by atoms with E-state index in [9.17, 15) is 15.3 Å². The number of hydrogen-bond acceptors (Lipinski definition) is 4. The molecule has 0 amide bonds. The van der Waals surface area contributed by atoms with Crippen molar-refractivity contribution in [3.05, 3.63) is 0 Å². The maximum absolute atomic E-state index is 9.62. The zero-order chi connectivity index (χ0) is 8.93. The fourth-order valence-corrected chi connectivity index (χ4v) is 2.36. The van der Waals surface area contributed by atoms with Gasteiger partial charge in [-0.3, -0.25) is 0 Å². The number of rotatable bonds is 0. The third kappa shape index (κ3) is 0.925. The molecule has 1 aliphatic heterocycles. The molecule has 0 radical (unpaired) electrons. The molecule has 4 heteroatoms. The topological polar surface area (TPSA) is 72.7 Å². The van der Waals surface area contributed by atoms with Crippen LogP contribution in [0.4, 0.5) is 0 Å². The zero-order valence-electron chi connectivity index (χ0n) is 7.07. The molecule has 70 valence electrons. The first-order valence-corrected chi connectivity index (χ1v) is 4.34. The zero-order valence-corrected chi connectivity index (χ0v) is 7.07. The molecular weight excluding hydrogens is 158 g/mol. The van der Waals surface area contributed by atoms with Crippen LogP contribution in [0.1, 0.15) is 13.3 Å². The van der Waals surface area contributed by atoms with Gasteiger partial charge in [0.2, 0.25) is 0 Å². The van der Waals surface area contributed by atoms with Gasteiger partial charge in [0.1, 0.15) is 12.2 Å². The van der Waals surface area contributed by atoms with Gasteiger partial charge in [-0.1, -0.05) is 0 Å². The highest BCUT2D eigenvalue weighted by molar-refractivity contribution is 5.09. The molecule has 1 aliphatic carbocycles. The first-order valence-electron chi connectivity index (χ1n) is 4.34. The summed E-state index contributed by atoms with van der Waals surface area (Å²) in [6.07, 6.45) is -1.88. The first-order chi connectivity index (χ1) is 5.54. The van der Waals surface area contributed by atoms with Crippen LogP contribution in [0.15, 0.2) is 0 Å². The lowest BCUT2D eigenvalue weighted by molar-refractivity contribution is -0.122. The van der Waals surface area contributed by atoms with Gasteiger partial charge < -0.3 is 20.6 Å². The lowest BCUT2D eigenvalue weighted by Crippen LogP contribution is -2.58. The van der Waals surface area contributed by atoms with E-state index in [1.807, 2.05) is 6.92 Å². The lowest BCUT2D eigenvalue weighted by atomic mass is 9.76. The van der Waals surface area contributed by atoms with Crippen LogP contribution in [0, 0.1) is 5.92 Å². The van der Waals surface area contributed by atoms with Crippen LogP contribution >= 0.6 is 0 Å². The number of hydrogen-bond donors (Lipinski definition) is 4. The number of fused-ring (bicyclic) bond motifs is 2. The van der Waals surface area contributed by atoms with Crippen LogP contribution in [-0.2, 0) is 0 Å². The summed E-state index contributed by atoms with van der Waals surface area (Å²) in [6.45, 7) is 2.57. The number of nitrogens with one attached hydrogen (secondary N) is 1. The van der Waals surface area contributed by atoms with E-state index in [2.05, 4.69) is 5.32 Å². The molecule has 2 rings (SSSR count). The van der Waals surface area contributed by atoms with Crippen molar-refractivity contribution in [3.8, 4) is 0 Å². The normalized spacial score (nSPS) is 59.0. The van der Waals surface area contributed by atoms with Gasteiger partial charge >= 0.3 is 0 Å². The highest BCUT2D eigenvalue weighted by atomic mass is 16.4. The van der Waals surface area contributed by atoms with Gasteiger partial charge in [-0.2, -0.15) is 0 Å². The van der Waals surface area contributed by atoms with Crippen molar-refractivity contribution in [1.82, 2.24) is 5.32 Å². The summed E-state index contributed by atoms with van der Waals surface area (Å²) in [5, 5.41) is 31.7. The average Bonchev–Trinajstić information content (AvgIpc) is 2.41. The Morgan fingerprint density at radius 2 is 1.92 bits per heavy atom. The van der Waals surface area contributed by atoms with Crippen molar-refractivity contribution in [1.29, 1.82) is 0 Å². The van der Waals surface area contributed by atoms with Gasteiger partial charge in [-0.25, -0.2) is 0 Å². The van der Waals surface area contributed by atoms with E-state index >= 15 is 0 Å². The van der Waals surface area contributed by atoms with Crippen molar-refractivity contribution in [2.75, 3.05) is 6.54 Å². The number of aliphatic hydroxyl groups excluding tert-OH is 3. The van der Waals surface area contributed by atoms with Crippen LogP contribution in [0.3, 0.4) is 0 Å². The van der Waals surface area contributed by atoms with Crippen molar-refractivity contribution in [2.24, 2.45) is 5.92 Å². The predicted molar refractivity (Wildman–Crippen MR) is 42.5 cm³/mol. The molecule has 0 aromatic rings. The van der Waals surface area contributed by atoms with Gasteiger partial charge in [0.25, 0.3) is 0 Å². The quantitative estimate of drug-likeness (QED) is 0.358. The van der Waals surface area contributed by atoms with Crippen molar-refractivity contribution in [3.63, 3.8) is 0 Å². The second kappa shape index (κ2) is 2.42. The summed E-state index contributed by atoms with van der Waals surface area (Å²) in [7, 11) is 0. The summed E-state index contributed by atoms with van der Waals surface area (Å²) >= 11 is 0. The molecule has 4 nitrogen and oxygen atoms in total. The van der Waals surface area contributed by atoms with E-state index < -0.39 is 23.9 Å². The molecule has 4 N–H and O–H groups in total. The second-order valence-corrected chi connectivity index (χ2v) is 4.19. The predicted octanol–water partition coefficient (Wildman–Crippen LogP) is -1.55.